The van der Waals surface area contributed by atoms with Gasteiger partial charge in [0.2, 0.25) is 0 Å². The van der Waals surface area contributed by atoms with Crippen LogP contribution in [0.25, 0.3) is 0 Å². The molecule has 0 bridgehead atoms. The topological polar surface area (TPSA) is 21.3 Å². The van der Waals surface area contributed by atoms with Gasteiger partial charge in [-0.3, -0.25) is 0 Å². The molecule has 1 aromatic carbocycles. The molecule has 0 aliphatic carbocycles. The fourth-order valence-corrected chi connectivity index (χ4v) is 1.79. The van der Waals surface area contributed by atoms with E-state index in [9.17, 15) is 0 Å². The van der Waals surface area contributed by atoms with Crippen molar-refractivity contribution in [1.29, 1.82) is 0 Å². The Kier molecular flexibility index (Phi) is 6.12. The van der Waals surface area contributed by atoms with Crippen molar-refractivity contribution in [2.24, 2.45) is 5.92 Å². The Morgan fingerprint density at radius 1 is 1.38 bits per heavy atom. The van der Waals surface area contributed by atoms with Crippen LogP contribution in [-0.4, -0.2) is 26.8 Å². The van der Waals surface area contributed by atoms with Crippen molar-refractivity contribution in [3.05, 3.63) is 35.4 Å². The highest BCUT2D eigenvalue weighted by Crippen LogP contribution is 2.04. The van der Waals surface area contributed by atoms with Gasteiger partial charge in [-0.1, -0.05) is 36.8 Å². The van der Waals surface area contributed by atoms with Gasteiger partial charge in [0.1, 0.15) is 0 Å². The van der Waals surface area contributed by atoms with Crippen LogP contribution in [-0.2, 0) is 11.2 Å². The van der Waals surface area contributed by atoms with Crippen molar-refractivity contribution < 1.29 is 4.74 Å². The van der Waals surface area contributed by atoms with Crippen molar-refractivity contribution in [3.8, 4) is 0 Å². The summed E-state index contributed by atoms with van der Waals surface area (Å²) in [5, 5.41) is 3.46. The van der Waals surface area contributed by atoms with Gasteiger partial charge in [0.25, 0.3) is 0 Å². The Morgan fingerprint density at radius 2 is 2.19 bits per heavy atom. The fraction of sp³-hybridized carbons (Fsp3) is 0.571. The maximum Gasteiger partial charge on any atom is 0.0499 e. The highest BCUT2D eigenvalue weighted by molar-refractivity contribution is 5.22. The second kappa shape index (κ2) is 7.42. The number of hydrogen-bond donors (Lipinski definition) is 1. The lowest BCUT2D eigenvalue weighted by Crippen LogP contribution is -2.25. The summed E-state index contributed by atoms with van der Waals surface area (Å²) in [6, 6.07) is 8.70. The van der Waals surface area contributed by atoms with Crippen LogP contribution in [0.2, 0.25) is 0 Å². The van der Waals surface area contributed by atoms with Crippen molar-refractivity contribution in [1.82, 2.24) is 5.32 Å². The van der Waals surface area contributed by atoms with Gasteiger partial charge in [-0.05, 0) is 37.9 Å². The van der Waals surface area contributed by atoms with Crippen molar-refractivity contribution >= 4 is 0 Å². The number of aryl methyl sites for hydroxylation is 1. The van der Waals surface area contributed by atoms with E-state index in [4.69, 9.17) is 4.74 Å². The van der Waals surface area contributed by atoms with E-state index in [1.807, 2.05) is 0 Å². The largest absolute Gasteiger partial charge is 0.384 e. The van der Waals surface area contributed by atoms with E-state index in [1.165, 1.54) is 11.1 Å². The van der Waals surface area contributed by atoms with Gasteiger partial charge in [0.05, 0.1) is 0 Å². The van der Waals surface area contributed by atoms with Crippen LogP contribution in [0.3, 0.4) is 0 Å². The summed E-state index contributed by atoms with van der Waals surface area (Å²) < 4.78 is 5.09. The minimum absolute atomic E-state index is 0.586. The molecule has 1 rings (SSSR count). The highest BCUT2D eigenvalue weighted by Gasteiger charge is 2.00. The number of rotatable bonds is 7. The standard InChI is InChI=1S/C14H23NO/c1-12-5-4-6-14(9-12)7-8-15-10-13(2)11-16-3/h4-6,9,13,15H,7-8,10-11H2,1-3H3. The third kappa shape index (κ3) is 5.29. The van der Waals surface area contributed by atoms with Crippen LogP contribution >= 0.6 is 0 Å². The first kappa shape index (κ1) is 13.2. The second-order valence-corrected chi connectivity index (χ2v) is 4.50. The molecular formula is C14H23NO. The first-order valence-electron chi connectivity index (χ1n) is 5.97. The van der Waals surface area contributed by atoms with Crippen LogP contribution in [0.1, 0.15) is 18.1 Å². The molecule has 0 saturated carbocycles. The molecule has 1 unspecified atom stereocenters. The number of methoxy groups -OCH3 is 1. The Hall–Kier alpha value is -0.860. The molecule has 0 aromatic heterocycles. The minimum Gasteiger partial charge on any atom is -0.384 e. The van der Waals surface area contributed by atoms with Gasteiger partial charge >= 0.3 is 0 Å². The van der Waals surface area contributed by atoms with E-state index in [1.54, 1.807) is 7.11 Å². The second-order valence-electron chi connectivity index (χ2n) is 4.50. The van der Waals surface area contributed by atoms with Crippen LogP contribution in [0.5, 0.6) is 0 Å². The predicted molar refractivity (Wildman–Crippen MR) is 68.8 cm³/mol. The van der Waals surface area contributed by atoms with Crippen molar-refractivity contribution in [3.63, 3.8) is 0 Å². The summed E-state index contributed by atoms with van der Waals surface area (Å²) in [5.74, 6) is 0.586. The normalized spacial score (nSPS) is 12.7. The Balaban J connectivity index is 2.16. The summed E-state index contributed by atoms with van der Waals surface area (Å²) in [7, 11) is 1.75. The van der Waals surface area contributed by atoms with Crippen LogP contribution in [0.15, 0.2) is 24.3 Å². The highest BCUT2D eigenvalue weighted by atomic mass is 16.5. The van der Waals surface area contributed by atoms with Crippen LogP contribution < -0.4 is 5.32 Å². The smallest absolute Gasteiger partial charge is 0.0499 e. The lowest BCUT2D eigenvalue weighted by Gasteiger charge is -2.11. The SMILES string of the molecule is COCC(C)CNCCc1cccc(C)c1. The third-order valence-electron chi connectivity index (χ3n) is 2.62. The van der Waals surface area contributed by atoms with Crippen LogP contribution in [0.4, 0.5) is 0 Å². The van der Waals surface area contributed by atoms with Gasteiger partial charge in [0, 0.05) is 13.7 Å². The monoisotopic (exact) mass is 221 g/mol. The van der Waals surface area contributed by atoms with E-state index in [2.05, 4.69) is 43.4 Å². The first-order valence-corrected chi connectivity index (χ1v) is 5.97. The van der Waals surface area contributed by atoms with Gasteiger partial charge in [-0.2, -0.15) is 0 Å². The number of hydrogen-bond acceptors (Lipinski definition) is 2. The van der Waals surface area contributed by atoms with E-state index in [0.717, 1.165) is 26.1 Å². The number of nitrogens with one attached hydrogen (secondary N) is 1. The maximum absolute atomic E-state index is 5.09. The zero-order chi connectivity index (χ0) is 11.8. The molecule has 1 aromatic rings. The summed E-state index contributed by atoms with van der Waals surface area (Å²) in [4.78, 5) is 0. The Morgan fingerprint density at radius 3 is 2.88 bits per heavy atom. The van der Waals surface area contributed by atoms with Gasteiger partial charge in [0.15, 0.2) is 0 Å². The van der Waals surface area contributed by atoms with E-state index in [0.29, 0.717) is 5.92 Å². The van der Waals surface area contributed by atoms with Crippen molar-refractivity contribution in [2.75, 3.05) is 26.8 Å². The quantitative estimate of drug-likeness (QED) is 0.714. The molecule has 0 amide bonds. The molecule has 0 radical (unpaired) electrons. The molecule has 0 saturated heterocycles. The van der Waals surface area contributed by atoms with Crippen molar-refractivity contribution in [2.45, 2.75) is 20.3 Å². The Bertz CT molecular complexity index is 299. The van der Waals surface area contributed by atoms with Gasteiger partial charge < -0.3 is 10.1 Å². The van der Waals surface area contributed by atoms with E-state index in [-0.39, 0.29) is 0 Å². The zero-order valence-electron chi connectivity index (χ0n) is 10.6. The lowest BCUT2D eigenvalue weighted by molar-refractivity contribution is 0.158. The predicted octanol–water partition coefficient (Wildman–Crippen LogP) is 2.41. The molecule has 16 heavy (non-hydrogen) atoms. The molecule has 0 spiro atoms. The minimum atomic E-state index is 0.586. The summed E-state index contributed by atoms with van der Waals surface area (Å²) in [6.45, 7) is 7.23. The third-order valence-corrected chi connectivity index (χ3v) is 2.62. The molecule has 0 heterocycles. The fourth-order valence-electron chi connectivity index (χ4n) is 1.79. The zero-order valence-corrected chi connectivity index (χ0v) is 10.6. The van der Waals surface area contributed by atoms with Gasteiger partial charge in [-0.15, -0.1) is 0 Å². The number of benzene rings is 1. The molecule has 2 nitrogen and oxygen atoms in total. The lowest BCUT2D eigenvalue weighted by atomic mass is 10.1. The average Bonchev–Trinajstić information content (AvgIpc) is 2.25. The molecule has 1 N–H and O–H groups in total. The summed E-state index contributed by atoms with van der Waals surface area (Å²) in [5.41, 5.74) is 2.75. The van der Waals surface area contributed by atoms with E-state index >= 15 is 0 Å². The van der Waals surface area contributed by atoms with Crippen LogP contribution in [0, 0.1) is 12.8 Å². The molecule has 2 heteroatoms. The van der Waals surface area contributed by atoms with E-state index < -0.39 is 0 Å². The summed E-state index contributed by atoms with van der Waals surface area (Å²) in [6.07, 6.45) is 1.10. The Labute approximate surface area is 99.0 Å². The summed E-state index contributed by atoms with van der Waals surface area (Å²) >= 11 is 0. The molecule has 0 aliphatic rings. The molecule has 90 valence electrons. The average molecular weight is 221 g/mol. The molecule has 0 fully saturated rings. The molecular weight excluding hydrogens is 198 g/mol. The molecule has 0 aliphatic heterocycles. The first-order chi connectivity index (χ1) is 7.72. The maximum atomic E-state index is 5.09. The molecule has 1 atom stereocenters. The number of ether oxygens (including phenoxy) is 1. The van der Waals surface area contributed by atoms with Gasteiger partial charge in [-0.25, -0.2) is 0 Å².